The first-order chi connectivity index (χ1) is 16.2. The summed E-state index contributed by atoms with van der Waals surface area (Å²) in [5.74, 6) is -1.48. The monoisotopic (exact) mass is 473 g/mol. The van der Waals surface area contributed by atoms with Gasteiger partial charge >= 0.3 is 6.18 Å². The highest BCUT2D eigenvalue weighted by atomic mass is 19.4. The number of alkyl halides is 3. The Morgan fingerprint density at radius 2 is 1.74 bits per heavy atom. The molecule has 2 aromatic carbocycles. The number of carbonyl (C=O) groups is 3. The molecule has 0 saturated carbocycles. The number of likely N-dealkylation sites (tertiary alicyclic amines) is 2. The van der Waals surface area contributed by atoms with E-state index in [1.165, 1.54) is 17.0 Å². The van der Waals surface area contributed by atoms with Crippen molar-refractivity contribution in [3.63, 3.8) is 0 Å². The van der Waals surface area contributed by atoms with Gasteiger partial charge in [0.15, 0.2) is 0 Å². The third-order valence-corrected chi connectivity index (χ3v) is 6.27. The fraction of sp³-hybridized carbons (Fsp3) is 0.400. The minimum atomic E-state index is -4.47. The number of rotatable bonds is 5. The molecule has 6 nitrogen and oxygen atoms in total. The Balaban J connectivity index is 1.41. The van der Waals surface area contributed by atoms with Crippen LogP contribution in [-0.4, -0.2) is 47.2 Å². The van der Waals surface area contributed by atoms with Crippen LogP contribution in [0.1, 0.15) is 47.2 Å². The summed E-state index contributed by atoms with van der Waals surface area (Å²) in [6.45, 7) is 1.46. The highest BCUT2D eigenvalue weighted by molar-refractivity contribution is 6.05. The van der Waals surface area contributed by atoms with E-state index >= 15 is 0 Å². The molecule has 0 bridgehead atoms. The molecule has 2 saturated heterocycles. The quantitative estimate of drug-likeness (QED) is 0.703. The molecule has 0 spiro atoms. The highest BCUT2D eigenvalue weighted by Crippen LogP contribution is 2.30. The van der Waals surface area contributed by atoms with Crippen LogP contribution in [0, 0.1) is 5.92 Å². The number of benzene rings is 2. The predicted octanol–water partition coefficient (Wildman–Crippen LogP) is 4.32. The van der Waals surface area contributed by atoms with Gasteiger partial charge in [0.2, 0.25) is 11.8 Å². The van der Waals surface area contributed by atoms with Crippen LogP contribution in [0.25, 0.3) is 0 Å². The Kier molecular flexibility index (Phi) is 6.90. The highest BCUT2D eigenvalue weighted by Gasteiger charge is 2.35. The van der Waals surface area contributed by atoms with Crippen molar-refractivity contribution < 1.29 is 27.6 Å². The van der Waals surface area contributed by atoms with E-state index in [4.69, 9.17) is 0 Å². The maximum absolute atomic E-state index is 13.0. The first-order valence-electron chi connectivity index (χ1n) is 11.4. The zero-order chi connectivity index (χ0) is 24.3. The van der Waals surface area contributed by atoms with Crippen LogP contribution in [0.4, 0.5) is 18.9 Å². The topological polar surface area (TPSA) is 69.7 Å². The van der Waals surface area contributed by atoms with Gasteiger partial charge in [-0.25, -0.2) is 0 Å². The summed E-state index contributed by atoms with van der Waals surface area (Å²) in [5.41, 5.74) is 0.373. The smallest absolute Gasteiger partial charge is 0.339 e. The molecule has 2 aliphatic rings. The number of para-hydroxylation sites is 1. The van der Waals surface area contributed by atoms with Crippen molar-refractivity contribution in [2.24, 2.45) is 5.92 Å². The number of nitrogens with one attached hydrogen (secondary N) is 1. The zero-order valence-electron chi connectivity index (χ0n) is 18.6. The number of hydrogen-bond donors (Lipinski definition) is 1. The van der Waals surface area contributed by atoms with E-state index in [9.17, 15) is 27.6 Å². The van der Waals surface area contributed by atoms with Gasteiger partial charge in [-0.1, -0.05) is 24.3 Å². The maximum Gasteiger partial charge on any atom is 0.416 e. The number of anilines is 1. The van der Waals surface area contributed by atoms with Crippen molar-refractivity contribution in [2.75, 3.05) is 25.0 Å². The van der Waals surface area contributed by atoms with Gasteiger partial charge < -0.3 is 15.1 Å². The molecule has 3 amide bonds. The first kappa shape index (κ1) is 23.8. The zero-order valence-corrected chi connectivity index (χ0v) is 18.6. The van der Waals surface area contributed by atoms with Gasteiger partial charge in [0, 0.05) is 32.6 Å². The molecule has 1 N–H and O–H groups in total. The van der Waals surface area contributed by atoms with E-state index in [0.29, 0.717) is 29.9 Å². The Morgan fingerprint density at radius 3 is 2.47 bits per heavy atom. The lowest BCUT2D eigenvalue weighted by Crippen LogP contribution is -2.36. The molecule has 2 aromatic rings. The van der Waals surface area contributed by atoms with Gasteiger partial charge in [-0.3, -0.25) is 14.4 Å². The Bertz CT molecular complexity index is 1080. The minimum absolute atomic E-state index is 0.00341. The lowest BCUT2D eigenvalue weighted by Gasteiger charge is -2.27. The van der Waals surface area contributed by atoms with Crippen LogP contribution in [0.3, 0.4) is 0 Å². The van der Waals surface area contributed by atoms with Crippen LogP contribution < -0.4 is 5.32 Å². The summed E-state index contributed by atoms with van der Waals surface area (Å²) >= 11 is 0. The third-order valence-electron chi connectivity index (χ3n) is 6.27. The molecule has 2 heterocycles. The van der Waals surface area contributed by atoms with Crippen LogP contribution in [0.2, 0.25) is 0 Å². The standard InChI is InChI=1S/C25H26F3N3O3/c26-25(27,28)19-8-6-7-17(13-19)15-31-16-18(14-22(31)32)23(33)29-21-10-3-2-9-20(21)24(34)30-11-4-1-5-12-30/h2-3,6-10,13,18H,1,4-5,11-12,14-16H2,(H,29,33). The molecule has 0 aliphatic carbocycles. The predicted molar refractivity (Wildman–Crippen MR) is 120 cm³/mol. The summed E-state index contributed by atoms with van der Waals surface area (Å²) < 4.78 is 38.9. The number of carbonyl (C=O) groups excluding carboxylic acids is 3. The van der Waals surface area contributed by atoms with Crippen molar-refractivity contribution in [2.45, 2.75) is 38.4 Å². The second-order valence-corrected chi connectivity index (χ2v) is 8.76. The van der Waals surface area contributed by atoms with E-state index in [-0.39, 0.29) is 31.3 Å². The molecule has 2 aliphatic heterocycles. The van der Waals surface area contributed by atoms with E-state index in [1.54, 1.807) is 29.2 Å². The van der Waals surface area contributed by atoms with E-state index in [1.807, 2.05) is 0 Å². The van der Waals surface area contributed by atoms with Gasteiger partial charge in [-0.2, -0.15) is 13.2 Å². The molecule has 34 heavy (non-hydrogen) atoms. The van der Waals surface area contributed by atoms with Gasteiger partial charge in [0.25, 0.3) is 5.91 Å². The SMILES string of the molecule is O=C(Nc1ccccc1C(=O)N1CCCCC1)C1CC(=O)N(Cc2cccc(C(F)(F)F)c2)C1. The van der Waals surface area contributed by atoms with Crippen LogP contribution >= 0.6 is 0 Å². The second-order valence-electron chi connectivity index (χ2n) is 8.76. The summed E-state index contributed by atoms with van der Waals surface area (Å²) in [7, 11) is 0. The molecule has 0 radical (unpaired) electrons. The number of halogens is 3. The van der Waals surface area contributed by atoms with Gasteiger partial charge in [-0.05, 0) is 49.1 Å². The van der Waals surface area contributed by atoms with Crippen LogP contribution in [0.5, 0.6) is 0 Å². The Hall–Kier alpha value is -3.36. The first-order valence-corrected chi connectivity index (χ1v) is 11.4. The van der Waals surface area contributed by atoms with Crippen molar-refractivity contribution in [1.82, 2.24) is 9.80 Å². The van der Waals surface area contributed by atoms with E-state index < -0.39 is 23.6 Å². The van der Waals surface area contributed by atoms with Gasteiger partial charge in [-0.15, -0.1) is 0 Å². The van der Waals surface area contributed by atoms with Crippen molar-refractivity contribution in [3.8, 4) is 0 Å². The number of nitrogens with zero attached hydrogens (tertiary/aromatic N) is 2. The summed E-state index contributed by atoms with van der Waals surface area (Å²) in [5, 5.41) is 2.79. The van der Waals surface area contributed by atoms with Gasteiger partial charge in [0.05, 0.1) is 22.7 Å². The summed E-state index contributed by atoms with van der Waals surface area (Å²) in [4.78, 5) is 41.5. The lowest BCUT2D eigenvalue weighted by atomic mass is 10.1. The lowest BCUT2D eigenvalue weighted by molar-refractivity contribution is -0.137. The fourth-order valence-corrected chi connectivity index (χ4v) is 4.45. The molecular formula is C25H26F3N3O3. The average molecular weight is 473 g/mol. The molecular weight excluding hydrogens is 447 g/mol. The summed E-state index contributed by atoms with van der Waals surface area (Å²) in [6.07, 6.45) is -1.51. The van der Waals surface area contributed by atoms with E-state index in [2.05, 4.69) is 5.32 Å². The molecule has 2 fully saturated rings. The summed E-state index contributed by atoms with van der Waals surface area (Å²) in [6, 6.07) is 11.6. The molecule has 0 aromatic heterocycles. The minimum Gasteiger partial charge on any atom is -0.339 e. The second kappa shape index (κ2) is 9.87. The largest absolute Gasteiger partial charge is 0.416 e. The normalized spacial score (nSPS) is 18.8. The van der Waals surface area contributed by atoms with Crippen molar-refractivity contribution in [1.29, 1.82) is 0 Å². The molecule has 4 rings (SSSR count). The number of piperidine rings is 1. The molecule has 180 valence electrons. The number of hydrogen-bond acceptors (Lipinski definition) is 3. The van der Waals surface area contributed by atoms with Crippen LogP contribution in [0.15, 0.2) is 48.5 Å². The number of amides is 3. The molecule has 1 atom stereocenters. The molecule has 1 unspecified atom stereocenters. The maximum atomic E-state index is 13.0. The third kappa shape index (κ3) is 5.40. The average Bonchev–Trinajstić information content (AvgIpc) is 3.19. The fourth-order valence-electron chi connectivity index (χ4n) is 4.45. The van der Waals surface area contributed by atoms with Gasteiger partial charge in [0.1, 0.15) is 0 Å². The Morgan fingerprint density at radius 1 is 1.00 bits per heavy atom. The van der Waals surface area contributed by atoms with Crippen molar-refractivity contribution in [3.05, 3.63) is 65.2 Å². The van der Waals surface area contributed by atoms with Crippen molar-refractivity contribution >= 4 is 23.4 Å². The molecule has 9 heteroatoms. The Labute approximate surface area is 195 Å². The van der Waals surface area contributed by atoms with Crippen LogP contribution in [-0.2, 0) is 22.3 Å². The van der Waals surface area contributed by atoms with E-state index in [0.717, 1.165) is 31.4 Å².